The van der Waals surface area contributed by atoms with Gasteiger partial charge in [-0.2, -0.15) is 5.10 Å². The molecule has 0 bridgehead atoms. The first-order valence-electron chi connectivity index (χ1n) is 7.89. The van der Waals surface area contributed by atoms with Gasteiger partial charge in [0.25, 0.3) is 5.69 Å². The standard InChI is InChI=1S/C17H16N6O2S2/c1-11-9-13(12(2)22(11)17-18-7-8-27-17)10-19-21-16(26)20-14-5-3-4-6-15(14)23(24)25/h3-10H,1-2H3,(H2,20,21,26)/b19-10-. The molecule has 0 saturated carbocycles. The number of nitro benzene ring substituents is 1. The van der Waals surface area contributed by atoms with Crippen molar-refractivity contribution in [1.29, 1.82) is 0 Å². The van der Waals surface area contributed by atoms with Gasteiger partial charge in [-0.3, -0.25) is 20.1 Å². The van der Waals surface area contributed by atoms with Gasteiger partial charge >= 0.3 is 0 Å². The lowest BCUT2D eigenvalue weighted by Gasteiger charge is -2.07. The van der Waals surface area contributed by atoms with Gasteiger partial charge in [0, 0.05) is 34.6 Å². The lowest BCUT2D eigenvalue weighted by Crippen LogP contribution is -2.24. The molecule has 3 aromatic rings. The minimum absolute atomic E-state index is 0.0578. The molecule has 0 radical (unpaired) electrons. The number of aromatic nitrogens is 2. The number of aryl methyl sites for hydroxylation is 1. The molecule has 3 rings (SSSR count). The van der Waals surface area contributed by atoms with Gasteiger partial charge in [0.15, 0.2) is 10.2 Å². The fourth-order valence-electron chi connectivity index (χ4n) is 2.59. The zero-order valence-electron chi connectivity index (χ0n) is 14.5. The van der Waals surface area contributed by atoms with Crippen LogP contribution in [0.25, 0.3) is 5.13 Å². The number of hydrogen-bond donors (Lipinski definition) is 2. The highest BCUT2D eigenvalue weighted by molar-refractivity contribution is 7.80. The summed E-state index contributed by atoms with van der Waals surface area (Å²) in [5.74, 6) is 0. The summed E-state index contributed by atoms with van der Waals surface area (Å²) in [6.07, 6.45) is 3.42. The molecule has 10 heteroatoms. The highest BCUT2D eigenvalue weighted by Crippen LogP contribution is 2.23. The minimum Gasteiger partial charge on any atom is -0.326 e. The van der Waals surface area contributed by atoms with Crippen LogP contribution >= 0.6 is 23.6 Å². The Bertz CT molecular complexity index is 1010. The number of para-hydroxylation sites is 2. The fraction of sp³-hybridized carbons (Fsp3) is 0.118. The second kappa shape index (κ2) is 8.06. The summed E-state index contributed by atoms with van der Waals surface area (Å²) in [6.45, 7) is 3.99. The Kier molecular flexibility index (Phi) is 5.57. The Hall–Kier alpha value is -3.11. The van der Waals surface area contributed by atoms with Crippen molar-refractivity contribution in [2.75, 3.05) is 5.32 Å². The first-order chi connectivity index (χ1) is 13.0. The Morgan fingerprint density at radius 2 is 2.19 bits per heavy atom. The van der Waals surface area contributed by atoms with E-state index in [4.69, 9.17) is 12.2 Å². The number of hydrazone groups is 1. The van der Waals surface area contributed by atoms with Gasteiger partial charge in [-0.05, 0) is 38.2 Å². The zero-order chi connectivity index (χ0) is 19.4. The van der Waals surface area contributed by atoms with Crippen LogP contribution in [0.2, 0.25) is 0 Å². The molecule has 0 atom stereocenters. The highest BCUT2D eigenvalue weighted by Gasteiger charge is 2.13. The molecular weight excluding hydrogens is 384 g/mol. The number of nitro groups is 1. The van der Waals surface area contributed by atoms with Gasteiger partial charge in [0.1, 0.15) is 5.69 Å². The lowest BCUT2D eigenvalue weighted by atomic mass is 10.3. The van der Waals surface area contributed by atoms with Crippen LogP contribution < -0.4 is 10.7 Å². The predicted octanol–water partition coefficient (Wildman–Crippen LogP) is 3.78. The maximum Gasteiger partial charge on any atom is 0.292 e. The quantitative estimate of drug-likeness (QED) is 0.293. The van der Waals surface area contributed by atoms with E-state index in [0.29, 0.717) is 5.69 Å². The summed E-state index contributed by atoms with van der Waals surface area (Å²) in [4.78, 5) is 14.9. The van der Waals surface area contributed by atoms with Crippen LogP contribution in [-0.2, 0) is 0 Å². The molecule has 0 unspecified atom stereocenters. The van der Waals surface area contributed by atoms with Crippen molar-refractivity contribution in [2.45, 2.75) is 13.8 Å². The third kappa shape index (κ3) is 4.18. The third-order valence-corrected chi connectivity index (χ3v) is 4.75. The molecule has 0 amide bonds. The Labute approximate surface area is 164 Å². The molecule has 0 spiro atoms. The molecule has 27 heavy (non-hydrogen) atoms. The monoisotopic (exact) mass is 400 g/mol. The van der Waals surface area contributed by atoms with E-state index < -0.39 is 4.92 Å². The zero-order valence-corrected chi connectivity index (χ0v) is 16.2. The summed E-state index contributed by atoms with van der Waals surface area (Å²) in [6, 6.07) is 8.27. The van der Waals surface area contributed by atoms with E-state index in [1.54, 1.807) is 41.9 Å². The van der Waals surface area contributed by atoms with Crippen LogP contribution in [-0.4, -0.2) is 25.8 Å². The van der Waals surface area contributed by atoms with E-state index in [-0.39, 0.29) is 10.8 Å². The van der Waals surface area contributed by atoms with Crippen LogP contribution in [0.3, 0.4) is 0 Å². The number of thiocarbonyl (C=S) groups is 1. The van der Waals surface area contributed by atoms with E-state index in [2.05, 4.69) is 25.4 Å². The van der Waals surface area contributed by atoms with Crippen LogP contribution in [0.15, 0.2) is 47.0 Å². The normalized spacial score (nSPS) is 10.9. The molecular formula is C17H16N6O2S2. The molecule has 1 aromatic carbocycles. The van der Waals surface area contributed by atoms with E-state index in [0.717, 1.165) is 22.1 Å². The van der Waals surface area contributed by atoms with E-state index in [9.17, 15) is 10.1 Å². The molecule has 0 fully saturated rings. The Morgan fingerprint density at radius 1 is 1.41 bits per heavy atom. The van der Waals surface area contributed by atoms with Crippen LogP contribution in [0.5, 0.6) is 0 Å². The van der Waals surface area contributed by atoms with Crippen molar-refractivity contribution in [3.05, 3.63) is 69.0 Å². The number of rotatable bonds is 5. The molecule has 0 aliphatic heterocycles. The van der Waals surface area contributed by atoms with Gasteiger partial charge in [-0.15, -0.1) is 11.3 Å². The van der Waals surface area contributed by atoms with Gasteiger partial charge in [0.05, 0.1) is 11.1 Å². The number of nitrogens with one attached hydrogen (secondary N) is 2. The molecule has 0 saturated heterocycles. The van der Waals surface area contributed by atoms with Crippen molar-refractivity contribution in [2.24, 2.45) is 5.10 Å². The molecule has 0 aliphatic carbocycles. The average Bonchev–Trinajstić information content (AvgIpc) is 3.23. The maximum absolute atomic E-state index is 11.0. The van der Waals surface area contributed by atoms with Gasteiger partial charge < -0.3 is 5.32 Å². The second-order valence-corrected chi connectivity index (χ2v) is 6.86. The molecule has 8 nitrogen and oxygen atoms in total. The van der Waals surface area contributed by atoms with E-state index >= 15 is 0 Å². The number of thiazole rings is 1. The topological polar surface area (TPSA) is 97.4 Å². The van der Waals surface area contributed by atoms with Crippen molar-refractivity contribution in [3.8, 4) is 5.13 Å². The van der Waals surface area contributed by atoms with Gasteiger partial charge in [-0.25, -0.2) is 4.98 Å². The lowest BCUT2D eigenvalue weighted by molar-refractivity contribution is -0.383. The first-order valence-corrected chi connectivity index (χ1v) is 9.18. The number of benzene rings is 1. The second-order valence-electron chi connectivity index (χ2n) is 5.57. The average molecular weight is 400 g/mol. The summed E-state index contributed by atoms with van der Waals surface area (Å²) in [5, 5.41) is 20.9. The largest absolute Gasteiger partial charge is 0.326 e. The molecule has 2 N–H and O–H groups in total. The molecule has 0 aliphatic rings. The van der Waals surface area contributed by atoms with Gasteiger partial charge in [0.2, 0.25) is 0 Å². The third-order valence-electron chi connectivity index (χ3n) is 3.80. The van der Waals surface area contributed by atoms with Crippen molar-refractivity contribution >= 4 is 46.3 Å². The summed E-state index contributed by atoms with van der Waals surface area (Å²) in [5.41, 5.74) is 5.90. The Morgan fingerprint density at radius 3 is 2.89 bits per heavy atom. The highest BCUT2D eigenvalue weighted by atomic mass is 32.1. The van der Waals surface area contributed by atoms with Crippen molar-refractivity contribution < 1.29 is 4.92 Å². The summed E-state index contributed by atoms with van der Waals surface area (Å²) in [7, 11) is 0. The van der Waals surface area contributed by atoms with Crippen molar-refractivity contribution in [1.82, 2.24) is 15.0 Å². The van der Waals surface area contributed by atoms with Crippen molar-refractivity contribution in [3.63, 3.8) is 0 Å². The van der Waals surface area contributed by atoms with Crippen LogP contribution in [0.1, 0.15) is 17.0 Å². The van der Waals surface area contributed by atoms with E-state index in [1.165, 1.54) is 6.07 Å². The first kappa shape index (κ1) is 18.7. The number of hydrogen-bond acceptors (Lipinski definition) is 6. The summed E-state index contributed by atoms with van der Waals surface area (Å²) >= 11 is 6.71. The number of nitrogens with zero attached hydrogens (tertiary/aromatic N) is 4. The minimum atomic E-state index is -0.471. The Balaban J connectivity index is 1.69. The van der Waals surface area contributed by atoms with Crippen LogP contribution in [0.4, 0.5) is 11.4 Å². The van der Waals surface area contributed by atoms with E-state index in [1.807, 2.05) is 25.3 Å². The molecule has 2 aromatic heterocycles. The maximum atomic E-state index is 11.0. The fourth-order valence-corrected chi connectivity index (χ4v) is 3.50. The SMILES string of the molecule is Cc1cc(/C=N\NC(=S)Nc2ccccc2[N+](=O)[O-])c(C)n1-c1nccs1. The predicted molar refractivity (Wildman–Crippen MR) is 111 cm³/mol. The summed E-state index contributed by atoms with van der Waals surface area (Å²) < 4.78 is 2.05. The van der Waals surface area contributed by atoms with Crippen LogP contribution in [0, 0.1) is 24.0 Å². The molecule has 138 valence electrons. The molecule has 2 heterocycles. The van der Waals surface area contributed by atoms with Gasteiger partial charge in [-0.1, -0.05) is 12.1 Å². The smallest absolute Gasteiger partial charge is 0.292 e. The number of anilines is 1.